The minimum atomic E-state index is -1.19. The Morgan fingerprint density at radius 1 is 1.14 bits per heavy atom. The number of ether oxygens (including phenoxy) is 1. The number of guanidine groups is 1. The first-order valence-corrected chi connectivity index (χ1v) is 12.3. The number of carboxylic acids is 1. The predicted molar refractivity (Wildman–Crippen MR) is 138 cm³/mol. The van der Waals surface area contributed by atoms with Crippen LogP contribution < -0.4 is 22.1 Å². The maximum atomic E-state index is 13.6. The van der Waals surface area contributed by atoms with Crippen molar-refractivity contribution in [2.24, 2.45) is 16.5 Å². The van der Waals surface area contributed by atoms with E-state index in [4.69, 9.17) is 16.2 Å². The van der Waals surface area contributed by atoms with Crippen molar-refractivity contribution in [3.8, 4) is 0 Å². The fraction of sp³-hybridized carbons (Fsp3) is 0.560. The number of likely N-dealkylation sites (tertiary alicyclic amines) is 1. The van der Waals surface area contributed by atoms with Crippen LogP contribution in [0, 0.1) is 0 Å². The minimum Gasteiger partial charge on any atom is -0.480 e. The Labute approximate surface area is 216 Å². The molecule has 12 nitrogen and oxygen atoms in total. The van der Waals surface area contributed by atoms with Crippen molar-refractivity contribution in [2.45, 2.75) is 76.6 Å². The maximum Gasteiger partial charge on any atom is 0.408 e. The molecule has 7 N–H and O–H groups in total. The summed E-state index contributed by atoms with van der Waals surface area (Å²) in [7, 11) is 0. The fourth-order valence-corrected chi connectivity index (χ4v) is 4.03. The molecule has 12 heteroatoms. The van der Waals surface area contributed by atoms with E-state index in [1.807, 2.05) is 30.3 Å². The number of carbonyl (C=O) groups excluding carboxylic acids is 3. The number of hydrogen-bond acceptors (Lipinski definition) is 6. The van der Waals surface area contributed by atoms with Gasteiger partial charge in [-0.05, 0) is 52.0 Å². The maximum absolute atomic E-state index is 13.6. The molecule has 0 unspecified atom stereocenters. The molecule has 1 heterocycles. The third kappa shape index (κ3) is 9.98. The summed E-state index contributed by atoms with van der Waals surface area (Å²) in [6.07, 6.45) is 0.871. The van der Waals surface area contributed by atoms with Gasteiger partial charge in [0.2, 0.25) is 11.8 Å². The van der Waals surface area contributed by atoms with Crippen LogP contribution in [0.3, 0.4) is 0 Å². The molecule has 1 fully saturated rings. The standard InChI is InChI=1S/C25H38N6O6/c1-25(2,3)37-24(36)30-18(15-16-9-5-4-6-10-16)21(33)31-14-8-12-19(31)20(32)29-17(22(34)35)11-7-13-28-23(26)27/h4-6,9-10,17-19H,7-8,11-15H2,1-3H3,(H,29,32)(H,30,36)(H,34,35)(H4,26,27,28)/t17-,18+,19-/m0/s1. The van der Waals surface area contributed by atoms with Gasteiger partial charge in [0.1, 0.15) is 23.7 Å². The molecular formula is C25H38N6O6. The Morgan fingerprint density at radius 2 is 1.81 bits per heavy atom. The van der Waals surface area contributed by atoms with E-state index >= 15 is 0 Å². The number of nitrogens with two attached hydrogens (primary N) is 2. The van der Waals surface area contributed by atoms with E-state index in [-0.39, 0.29) is 25.3 Å². The van der Waals surface area contributed by atoms with E-state index in [1.54, 1.807) is 20.8 Å². The third-order valence-corrected chi connectivity index (χ3v) is 5.67. The first-order chi connectivity index (χ1) is 17.4. The smallest absolute Gasteiger partial charge is 0.408 e. The number of nitrogens with zero attached hydrogens (tertiary/aromatic N) is 2. The van der Waals surface area contributed by atoms with Crippen LogP contribution in [-0.4, -0.2) is 76.7 Å². The van der Waals surface area contributed by atoms with Crippen LogP contribution in [0.2, 0.25) is 0 Å². The second-order valence-electron chi connectivity index (χ2n) is 9.93. The molecule has 3 amide bonds. The molecule has 0 saturated carbocycles. The number of carbonyl (C=O) groups is 4. The molecule has 204 valence electrons. The highest BCUT2D eigenvalue weighted by Crippen LogP contribution is 2.20. The normalized spacial score (nSPS) is 16.8. The van der Waals surface area contributed by atoms with Gasteiger partial charge in [0.25, 0.3) is 0 Å². The van der Waals surface area contributed by atoms with Gasteiger partial charge in [0, 0.05) is 19.5 Å². The van der Waals surface area contributed by atoms with Gasteiger partial charge in [0.05, 0.1) is 0 Å². The highest BCUT2D eigenvalue weighted by Gasteiger charge is 2.39. The summed E-state index contributed by atoms with van der Waals surface area (Å²) < 4.78 is 5.34. The molecule has 3 atom stereocenters. The van der Waals surface area contributed by atoms with E-state index in [2.05, 4.69) is 15.6 Å². The quantitative estimate of drug-likeness (QED) is 0.161. The monoisotopic (exact) mass is 518 g/mol. The molecule has 0 aromatic heterocycles. The van der Waals surface area contributed by atoms with Crippen LogP contribution in [0.5, 0.6) is 0 Å². The van der Waals surface area contributed by atoms with Crippen molar-refractivity contribution in [3.63, 3.8) is 0 Å². The highest BCUT2D eigenvalue weighted by atomic mass is 16.6. The molecule has 1 aliphatic heterocycles. The van der Waals surface area contributed by atoms with Gasteiger partial charge in [-0.3, -0.25) is 14.6 Å². The van der Waals surface area contributed by atoms with Gasteiger partial charge in [-0.1, -0.05) is 30.3 Å². The zero-order valence-electron chi connectivity index (χ0n) is 21.6. The van der Waals surface area contributed by atoms with Crippen molar-refractivity contribution in [1.82, 2.24) is 15.5 Å². The molecule has 0 spiro atoms. The van der Waals surface area contributed by atoms with Crippen molar-refractivity contribution < 1.29 is 29.0 Å². The van der Waals surface area contributed by atoms with Crippen molar-refractivity contribution >= 4 is 29.8 Å². The van der Waals surface area contributed by atoms with Crippen molar-refractivity contribution in [2.75, 3.05) is 13.1 Å². The molecule has 37 heavy (non-hydrogen) atoms. The lowest BCUT2D eigenvalue weighted by Crippen LogP contribution is -2.56. The molecule has 2 rings (SSSR count). The summed E-state index contributed by atoms with van der Waals surface area (Å²) in [6.45, 7) is 5.70. The largest absolute Gasteiger partial charge is 0.480 e. The summed E-state index contributed by atoms with van der Waals surface area (Å²) >= 11 is 0. The number of alkyl carbamates (subject to hydrolysis) is 1. The number of hydrogen-bond donors (Lipinski definition) is 5. The Kier molecular flexibility index (Phi) is 10.7. The topological polar surface area (TPSA) is 189 Å². The SMILES string of the molecule is CC(C)(C)OC(=O)N[C@H](Cc1ccccc1)C(=O)N1CCC[C@H]1C(=O)N[C@@H](CCCN=C(N)N)C(=O)O. The molecular weight excluding hydrogens is 480 g/mol. The summed E-state index contributed by atoms with van der Waals surface area (Å²) in [4.78, 5) is 56.1. The first kappa shape index (κ1) is 29.4. The number of aliphatic imine (C=N–C) groups is 1. The number of amides is 3. The van der Waals surface area contributed by atoms with Crippen LogP contribution >= 0.6 is 0 Å². The zero-order valence-corrected chi connectivity index (χ0v) is 21.6. The first-order valence-electron chi connectivity index (χ1n) is 12.3. The third-order valence-electron chi connectivity index (χ3n) is 5.67. The number of aliphatic carboxylic acids is 1. The van der Waals surface area contributed by atoms with Crippen LogP contribution in [0.1, 0.15) is 52.0 Å². The lowest BCUT2D eigenvalue weighted by molar-refractivity contribution is -0.144. The van der Waals surface area contributed by atoms with Crippen molar-refractivity contribution in [1.29, 1.82) is 0 Å². The van der Waals surface area contributed by atoms with E-state index in [1.165, 1.54) is 4.90 Å². The highest BCUT2D eigenvalue weighted by molar-refractivity contribution is 5.93. The zero-order chi connectivity index (χ0) is 27.6. The second kappa shape index (κ2) is 13.5. The number of carboxylic acid groups (broad SMARTS) is 1. The second-order valence-corrected chi connectivity index (χ2v) is 9.93. The Morgan fingerprint density at radius 3 is 2.41 bits per heavy atom. The molecule has 1 aromatic rings. The minimum absolute atomic E-state index is 0.0962. The average molecular weight is 519 g/mol. The lowest BCUT2D eigenvalue weighted by atomic mass is 10.0. The van der Waals surface area contributed by atoms with Crippen LogP contribution in [0.25, 0.3) is 0 Å². The Hall–Kier alpha value is -3.83. The molecule has 1 saturated heterocycles. The molecule has 0 bridgehead atoms. The summed E-state index contributed by atoms with van der Waals surface area (Å²) in [5, 5.41) is 14.7. The molecule has 0 radical (unpaired) electrons. The summed E-state index contributed by atoms with van der Waals surface area (Å²) in [5.74, 6) is -2.29. The fourth-order valence-electron chi connectivity index (χ4n) is 4.03. The molecule has 1 aromatic carbocycles. The van der Waals surface area contributed by atoms with Gasteiger partial charge in [-0.15, -0.1) is 0 Å². The number of benzene rings is 1. The van der Waals surface area contributed by atoms with Crippen LogP contribution in [0.15, 0.2) is 35.3 Å². The van der Waals surface area contributed by atoms with Crippen molar-refractivity contribution in [3.05, 3.63) is 35.9 Å². The molecule has 1 aliphatic rings. The average Bonchev–Trinajstić information content (AvgIpc) is 3.29. The number of nitrogens with one attached hydrogen (secondary N) is 2. The van der Waals surface area contributed by atoms with E-state index in [0.29, 0.717) is 25.8 Å². The van der Waals surface area contributed by atoms with E-state index in [9.17, 15) is 24.3 Å². The van der Waals surface area contributed by atoms with Crippen LogP contribution in [-0.2, 0) is 25.5 Å². The number of rotatable bonds is 11. The van der Waals surface area contributed by atoms with Gasteiger partial charge < -0.3 is 36.8 Å². The van der Waals surface area contributed by atoms with Crippen LogP contribution in [0.4, 0.5) is 4.79 Å². The Balaban J connectivity index is 2.14. The van der Waals surface area contributed by atoms with Gasteiger partial charge in [-0.2, -0.15) is 0 Å². The Bertz CT molecular complexity index is 974. The summed E-state index contributed by atoms with van der Waals surface area (Å²) in [5.41, 5.74) is 10.6. The molecule has 0 aliphatic carbocycles. The van der Waals surface area contributed by atoms with Gasteiger partial charge in [0.15, 0.2) is 5.96 Å². The van der Waals surface area contributed by atoms with Gasteiger partial charge in [-0.25, -0.2) is 9.59 Å². The summed E-state index contributed by atoms with van der Waals surface area (Å²) in [6, 6.07) is 6.20. The predicted octanol–water partition coefficient (Wildman–Crippen LogP) is 0.736. The van der Waals surface area contributed by atoms with E-state index < -0.39 is 47.6 Å². The van der Waals surface area contributed by atoms with Gasteiger partial charge >= 0.3 is 12.1 Å². The van der Waals surface area contributed by atoms with E-state index in [0.717, 1.165) is 5.56 Å². The lowest BCUT2D eigenvalue weighted by Gasteiger charge is -2.30.